The third-order valence-corrected chi connectivity index (χ3v) is 10.5. The van der Waals surface area contributed by atoms with Gasteiger partial charge in [0.15, 0.2) is 0 Å². The van der Waals surface area contributed by atoms with Gasteiger partial charge in [0.2, 0.25) is 0 Å². The highest BCUT2D eigenvalue weighted by molar-refractivity contribution is 6.12. The van der Waals surface area contributed by atoms with Crippen LogP contribution in [0, 0.1) is 11.3 Å². The van der Waals surface area contributed by atoms with Gasteiger partial charge < -0.3 is 9.13 Å². The number of aromatic nitrogens is 2. The van der Waals surface area contributed by atoms with E-state index in [0.717, 1.165) is 24.3 Å². The molecule has 0 saturated heterocycles. The van der Waals surface area contributed by atoms with E-state index in [4.69, 9.17) is 0 Å². The van der Waals surface area contributed by atoms with Gasteiger partial charge in [-0.3, -0.25) is 0 Å². The van der Waals surface area contributed by atoms with E-state index in [0.29, 0.717) is 75.9 Å². The van der Waals surface area contributed by atoms with Gasteiger partial charge in [-0.25, -0.2) is 0 Å². The summed E-state index contributed by atoms with van der Waals surface area (Å²) in [5, 5.41) is 9.73. The summed E-state index contributed by atoms with van der Waals surface area (Å²) in [6.07, 6.45) is -32.1. The van der Waals surface area contributed by atoms with E-state index in [1.807, 2.05) is 0 Å². The Labute approximate surface area is 344 Å². The third kappa shape index (κ3) is 7.27. The zero-order valence-electron chi connectivity index (χ0n) is 31.0. The monoisotopic (exact) mass is 917 g/mol. The lowest BCUT2D eigenvalue weighted by atomic mass is 9.91. The highest BCUT2D eigenvalue weighted by atomic mass is 19.4. The predicted octanol–water partition coefficient (Wildman–Crippen LogP) is 15.5. The van der Waals surface area contributed by atoms with Gasteiger partial charge in [0, 0.05) is 27.1 Å². The van der Waals surface area contributed by atoms with Gasteiger partial charge in [-0.2, -0.15) is 84.3 Å². The molecule has 3 nitrogen and oxygen atoms in total. The number of halogens is 18. The van der Waals surface area contributed by atoms with Crippen LogP contribution < -0.4 is 0 Å². The van der Waals surface area contributed by atoms with Gasteiger partial charge in [-0.05, 0) is 78.4 Å². The van der Waals surface area contributed by atoms with Crippen molar-refractivity contribution in [1.29, 1.82) is 5.26 Å². The van der Waals surface area contributed by atoms with Gasteiger partial charge in [0.25, 0.3) is 0 Å². The second-order valence-corrected chi connectivity index (χ2v) is 14.3. The van der Waals surface area contributed by atoms with E-state index in [9.17, 15) is 84.3 Å². The van der Waals surface area contributed by atoms with Crippen molar-refractivity contribution in [3.63, 3.8) is 0 Å². The van der Waals surface area contributed by atoms with Crippen molar-refractivity contribution in [3.8, 4) is 28.6 Å². The summed E-state index contributed by atoms with van der Waals surface area (Å²) in [5.41, 5.74) is -18.8. The molecule has 0 aliphatic carbocycles. The summed E-state index contributed by atoms with van der Waals surface area (Å²) >= 11 is 0. The highest BCUT2D eigenvalue weighted by Crippen LogP contribution is 2.49. The van der Waals surface area contributed by atoms with Crippen molar-refractivity contribution < 1.29 is 79.0 Å². The van der Waals surface area contributed by atoms with E-state index < -0.39 is 121 Å². The second kappa shape index (κ2) is 14.1. The van der Waals surface area contributed by atoms with Crippen molar-refractivity contribution in [2.75, 3.05) is 0 Å². The number of nitriles is 1. The molecule has 330 valence electrons. The molecular weight excluding hydrogens is 900 g/mol. The molecule has 0 saturated carbocycles. The van der Waals surface area contributed by atoms with Crippen LogP contribution in [0.1, 0.15) is 38.9 Å². The normalized spacial score (nSPS) is 13.5. The number of nitrogens with zero attached hydrogens (tertiary/aromatic N) is 3. The zero-order chi connectivity index (χ0) is 46.9. The Morgan fingerprint density at radius 2 is 0.641 bits per heavy atom. The fourth-order valence-electron chi connectivity index (χ4n) is 7.82. The molecule has 0 atom stereocenters. The van der Waals surface area contributed by atoms with Gasteiger partial charge in [-0.15, -0.1) is 0 Å². The van der Waals surface area contributed by atoms with Crippen LogP contribution in [0.3, 0.4) is 0 Å². The Kier molecular flexibility index (Phi) is 9.63. The molecule has 64 heavy (non-hydrogen) atoms. The molecule has 0 aliphatic rings. The van der Waals surface area contributed by atoms with Crippen molar-refractivity contribution in [2.45, 2.75) is 37.1 Å². The number of alkyl halides is 18. The average Bonchev–Trinajstić information content (AvgIpc) is 3.69. The Morgan fingerprint density at radius 3 is 0.875 bits per heavy atom. The van der Waals surface area contributed by atoms with Gasteiger partial charge in [0.1, 0.15) is 11.6 Å². The number of hydrogen-bond donors (Lipinski definition) is 0. The number of hydrogen-bond acceptors (Lipinski definition) is 1. The third-order valence-electron chi connectivity index (χ3n) is 10.5. The summed E-state index contributed by atoms with van der Waals surface area (Å²) in [6.45, 7) is 0. The minimum Gasteiger partial charge on any atom is -0.308 e. The molecule has 0 N–H and O–H groups in total. The minimum absolute atomic E-state index is 0.194. The second-order valence-electron chi connectivity index (χ2n) is 14.3. The van der Waals surface area contributed by atoms with Crippen LogP contribution in [-0.4, -0.2) is 9.13 Å². The topological polar surface area (TPSA) is 33.6 Å². The van der Waals surface area contributed by atoms with Crippen molar-refractivity contribution in [1.82, 2.24) is 9.13 Å². The lowest BCUT2D eigenvalue weighted by Gasteiger charge is -2.23. The number of rotatable bonds is 3. The zero-order valence-corrected chi connectivity index (χ0v) is 31.0. The lowest BCUT2D eigenvalue weighted by Crippen LogP contribution is -2.15. The Balaban J connectivity index is 1.67. The van der Waals surface area contributed by atoms with Gasteiger partial charge >= 0.3 is 37.1 Å². The van der Waals surface area contributed by atoms with E-state index in [2.05, 4.69) is 0 Å². The van der Waals surface area contributed by atoms with E-state index in [-0.39, 0.29) is 33.7 Å². The first-order valence-corrected chi connectivity index (χ1v) is 17.8. The van der Waals surface area contributed by atoms with Crippen LogP contribution in [0.25, 0.3) is 66.1 Å². The fraction of sp³-hybridized carbons (Fsp3) is 0.140. The molecule has 0 spiro atoms. The summed E-state index contributed by atoms with van der Waals surface area (Å²) in [6, 6.07) is 9.91. The standard InChI is InChI=1S/C43H17F18N3/c44-38(45,46)20-4-8-24-25-9-5-21(39(47,48)49)15-34(25)63(33(24)14-20)31-12-19(37-29(42(56,57)58)2-1-3-30(37)43(59,60)61)13-32(28(31)18-62)64-35-16-22(40(50,51)52)6-10-26(35)27-11-7-23(17-36(27)64)41(53,54)55/h1-17H. The molecule has 0 aliphatic heterocycles. The first-order valence-electron chi connectivity index (χ1n) is 17.8. The van der Waals surface area contributed by atoms with E-state index >= 15 is 0 Å². The van der Waals surface area contributed by atoms with Crippen molar-refractivity contribution >= 4 is 43.6 Å². The quantitative estimate of drug-likeness (QED) is 0.163. The van der Waals surface area contributed by atoms with Crippen molar-refractivity contribution in [3.05, 3.63) is 142 Å². The SMILES string of the molecule is N#Cc1c(-n2c3cc(C(F)(F)F)ccc3c3ccc(C(F)(F)F)cc32)cc(-c2c(C(F)(F)F)cccc2C(F)(F)F)cc1-n1c2cc(C(F)(F)F)ccc2c2ccc(C(F)(F)F)cc21. The summed E-state index contributed by atoms with van der Waals surface area (Å²) in [5.74, 6) is 0. The molecule has 2 heterocycles. The molecule has 0 bridgehead atoms. The van der Waals surface area contributed by atoms with Crippen LogP contribution >= 0.6 is 0 Å². The first kappa shape index (κ1) is 43.8. The number of benzene rings is 6. The minimum atomic E-state index is -5.66. The van der Waals surface area contributed by atoms with Crippen LogP contribution in [-0.2, 0) is 37.1 Å². The van der Waals surface area contributed by atoms with Crippen molar-refractivity contribution in [2.24, 2.45) is 0 Å². The Hall–Kier alpha value is -6.85. The Bertz CT molecular complexity index is 2910. The average molecular weight is 918 g/mol. The van der Waals surface area contributed by atoms with Crippen LogP contribution in [0.2, 0.25) is 0 Å². The van der Waals surface area contributed by atoms with Crippen LogP contribution in [0.4, 0.5) is 79.0 Å². The highest BCUT2D eigenvalue weighted by Gasteiger charge is 2.42. The molecule has 2 aromatic heterocycles. The maximum absolute atomic E-state index is 14.8. The van der Waals surface area contributed by atoms with E-state index in [1.54, 1.807) is 6.07 Å². The molecule has 0 radical (unpaired) electrons. The van der Waals surface area contributed by atoms with Crippen LogP contribution in [0.15, 0.2) is 103 Å². The molecule has 0 fully saturated rings. The van der Waals surface area contributed by atoms with Crippen LogP contribution in [0.5, 0.6) is 0 Å². The summed E-state index contributed by atoms with van der Waals surface area (Å²) < 4.78 is 261. The largest absolute Gasteiger partial charge is 0.417 e. The molecule has 21 heteroatoms. The smallest absolute Gasteiger partial charge is 0.308 e. The van der Waals surface area contributed by atoms with Gasteiger partial charge in [-0.1, -0.05) is 30.3 Å². The fourth-order valence-corrected chi connectivity index (χ4v) is 7.82. The molecule has 8 rings (SSSR count). The van der Waals surface area contributed by atoms with E-state index in [1.165, 1.54) is 0 Å². The predicted molar refractivity (Wildman–Crippen MR) is 195 cm³/mol. The maximum Gasteiger partial charge on any atom is 0.417 e. The maximum atomic E-state index is 14.8. The molecule has 8 aromatic rings. The molecule has 0 amide bonds. The summed E-state index contributed by atoms with van der Waals surface area (Å²) in [7, 11) is 0. The number of fused-ring (bicyclic) bond motifs is 6. The molecule has 6 aromatic carbocycles. The Morgan fingerprint density at radius 1 is 0.359 bits per heavy atom. The molecular formula is C43H17F18N3. The first-order chi connectivity index (χ1) is 29.5. The van der Waals surface area contributed by atoms with Gasteiger partial charge in [0.05, 0.1) is 66.8 Å². The molecule has 0 unspecified atom stereocenters. The summed E-state index contributed by atoms with van der Waals surface area (Å²) in [4.78, 5) is 0. The lowest BCUT2D eigenvalue weighted by molar-refractivity contribution is -0.142.